The Morgan fingerprint density at radius 3 is 2.77 bits per heavy atom. The third kappa shape index (κ3) is 3.30. The first-order valence-corrected chi connectivity index (χ1v) is 7.78. The van der Waals surface area contributed by atoms with Gasteiger partial charge >= 0.3 is 11.6 Å². The van der Waals surface area contributed by atoms with Gasteiger partial charge < -0.3 is 24.0 Å². The van der Waals surface area contributed by atoms with Crippen LogP contribution in [0.2, 0.25) is 0 Å². The van der Waals surface area contributed by atoms with Gasteiger partial charge in [0.1, 0.15) is 23.6 Å². The molecule has 8 nitrogen and oxygen atoms in total. The predicted octanol–water partition coefficient (Wildman–Crippen LogP) is 2.05. The van der Waals surface area contributed by atoms with Gasteiger partial charge in [-0.2, -0.15) is 0 Å². The quantitative estimate of drug-likeness (QED) is 0.530. The second kappa shape index (κ2) is 7.14. The number of fused-ring (bicyclic) bond motifs is 1. The highest BCUT2D eigenvalue weighted by Crippen LogP contribution is 2.31. The van der Waals surface area contributed by atoms with Gasteiger partial charge in [0.05, 0.1) is 18.3 Å². The first kappa shape index (κ1) is 17.3. The van der Waals surface area contributed by atoms with Gasteiger partial charge in [-0.1, -0.05) is 0 Å². The molecule has 0 spiro atoms. The minimum Gasteiger partial charge on any atom is -0.506 e. The van der Waals surface area contributed by atoms with E-state index >= 15 is 0 Å². The number of hydrogen-bond acceptors (Lipinski definition) is 7. The van der Waals surface area contributed by atoms with E-state index in [1.807, 2.05) is 0 Å². The zero-order chi connectivity index (χ0) is 18.7. The van der Waals surface area contributed by atoms with Gasteiger partial charge in [-0.3, -0.25) is 9.59 Å². The van der Waals surface area contributed by atoms with Crippen LogP contribution >= 0.6 is 0 Å². The molecule has 0 saturated carbocycles. The van der Waals surface area contributed by atoms with Crippen LogP contribution in [0.25, 0.3) is 22.3 Å². The van der Waals surface area contributed by atoms with E-state index in [1.165, 1.54) is 18.4 Å². The van der Waals surface area contributed by atoms with E-state index in [2.05, 4.69) is 10.1 Å². The second-order valence-electron chi connectivity index (χ2n) is 5.29. The normalized spacial score (nSPS) is 10.7. The highest BCUT2D eigenvalue weighted by atomic mass is 16.5. The van der Waals surface area contributed by atoms with Crippen molar-refractivity contribution in [2.24, 2.45) is 0 Å². The van der Waals surface area contributed by atoms with E-state index in [1.54, 1.807) is 25.1 Å². The Kier molecular flexibility index (Phi) is 4.74. The fourth-order valence-electron chi connectivity index (χ4n) is 2.44. The SMILES string of the molecule is CCOC(=O)CNC(=O)c1c(O)c2cc(-c3ccco3)ccc2oc1=O. The Labute approximate surface area is 147 Å². The molecule has 0 aliphatic heterocycles. The fraction of sp³-hybridized carbons (Fsp3) is 0.167. The molecule has 1 amide bonds. The molecule has 3 rings (SSSR count). The summed E-state index contributed by atoms with van der Waals surface area (Å²) < 4.78 is 15.1. The molecule has 0 fully saturated rings. The molecule has 2 N–H and O–H groups in total. The van der Waals surface area contributed by atoms with Crippen molar-refractivity contribution < 1.29 is 28.3 Å². The number of carbonyl (C=O) groups excluding carboxylic acids is 2. The molecule has 0 radical (unpaired) electrons. The van der Waals surface area contributed by atoms with E-state index < -0.39 is 35.4 Å². The van der Waals surface area contributed by atoms with E-state index in [9.17, 15) is 19.5 Å². The zero-order valence-electron chi connectivity index (χ0n) is 13.8. The number of rotatable bonds is 5. The van der Waals surface area contributed by atoms with E-state index in [0.717, 1.165) is 0 Å². The number of furan rings is 1. The first-order valence-electron chi connectivity index (χ1n) is 7.78. The summed E-state index contributed by atoms with van der Waals surface area (Å²) in [6.45, 7) is 1.35. The summed E-state index contributed by atoms with van der Waals surface area (Å²) in [7, 11) is 0. The van der Waals surface area contributed by atoms with Gasteiger partial charge in [-0.15, -0.1) is 0 Å². The average molecular weight is 357 g/mol. The van der Waals surface area contributed by atoms with Crippen LogP contribution in [0.5, 0.6) is 5.75 Å². The minimum atomic E-state index is -1.01. The summed E-state index contributed by atoms with van der Waals surface area (Å²) in [6.07, 6.45) is 1.50. The highest BCUT2D eigenvalue weighted by molar-refractivity contribution is 6.02. The molecular weight excluding hydrogens is 342 g/mol. The Balaban J connectivity index is 1.99. The number of esters is 1. The monoisotopic (exact) mass is 357 g/mol. The summed E-state index contributed by atoms with van der Waals surface area (Å²) in [5, 5.41) is 12.8. The van der Waals surface area contributed by atoms with Crippen molar-refractivity contribution in [1.82, 2.24) is 5.32 Å². The maximum Gasteiger partial charge on any atom is 0.353 e. The Hall–Kier alpha value is -3.55. The molecule has 8 heteroatoms. The molecule has 2 aromatic heterocycles. The van der Waals surface area contributed by atoms with Gasteiger partial charge in [0.2, 0.25) is 0 Å². The number of aromatic hydroxyl groups is 1. The number of amides is 1. The lowest BCUT2D eigenvalue weighted by Crippen LogP contribution is -2.33. The van der Waals surface area contributed by atoms with Gasteiger partial charge in [-0.05, 0) is 37.3 Å². The zero-order valence-corrected chi connectivity index (χ0v) is 13.8. The Morgan fingerprint density at radius 1 is 1.27 bits per heavy atom. The molecule has 0 saturated heterocycles. The molecule has 0 bridgehead atoms. The van der Waals surface area contributed by atoms with Crippen LogP contribution in [0.3, 0.4) is 0 Å². The lowest BCUT2D eigenvalue weighted by Gasteiger charge is -2.08. The highest BCUT2D eigenvalue weighted by Gasteiger charge is 2.22. The molecule has 0 atom stereocenters. The predicted molar refractivity (Wildman–Crippen MR) is 90.8 cm³/mol. The second-order valence-corrected chi connectivity index (χ2v) is 5.29. The van der Waals surface area contributed by atoms with Crippen LogP contribution in [0.1, 0.15) is 17.3 Å². The van der Waals surface area contributed by atoms with Crippen molar-refractivity contribution in [3.05, 3.63) is 52.6 Å². The molecule has 3 aromatic rings. The van der Waals surface area contributed by atoms with Crippen LogP contribution in [0, 0.1) is 0 Å². The molecule has 0 aliphatic carbocycles. The topological polar surface area (TPSA) is 119 Å². The van der Waals surface area contributed by atoms with Gasteiger partial charge in [0.15, 0.2) is 5.56 Å². The van der Waals surface area contributed by atoms with Crippen molar-refractivity contribution in [2.45, 2.75) is 6.92 Å². The van der Waals surface area contributed by atoms with Crippen LogP contribution in [0.4, 0.5) is 0 Å². The largest absolute Gasteiger partial charge is 0.506 e. The maximum atomic E-state index is 12.2. The smallest absolute Gasteiger partial charge is 0.353 e. The van der Waals surface area contributed by atoms with Crippen molar-refractivity contribution >= 4 is 22.8 Å². The van der Waals surface area contributed by atoms with E-state index in [0.29, 0.717) is 11.3 Å². The first-order chi connectivity index (χ1) is 12.5. The third-order valence-corrected chi connectivity index (χ3v) is 3.61. The summed E-state index contributed by atoms with van der Waals surface area (Å²) >= 11 is 0. The third-order valence-electron chi connectivity index (χ3n) is 3.61. The van der Waals surface area contributed by atoms with Crippen molar-refractivity contribution in [3.8, 4) is 17.1 Å². The molecule has 134 valence electrons. The number of benzene rings is 1. The fourth-order valence-corrected chi connectivity index (χ4v) is 2.44. The van der Waals surface area contributed by atoms with Crippen LogP contribution < -0.4 is 10.9 Å². The van der Waals surface area contributed by atoms with E-state index in [-0.39, 0.29) is 17.6 Å². The summed E-state index contributed by atoms with van der Waals surface area (Å²) in [5.41, 5.74) is -0.852. The van der Waals surface area contributed by atoms with Gasteiger partial charge in [-0.25, -0.2) is 4.79 Å². The van der Waals surface area contributed by atoms with Gasteiger partial charge in [0.25, 0.3) is 5.91 Å². The van der Waals surface area contributed by atoms with Crippen LogP contribution in [-0.4, -0.2) is 30.1 Å². The summed E-state index contributed by atoms with van der Waals surface area (Å²) in [6, 6.07) is 8.12. The van der Waals surface area contributed by atoms with Crippen molar-refractivity contribution in [2.75, 3.05) is 13.2 Å². The standard InChI is InChI=1S/C18H15NO7/c1-2-24-14(20)9-19-17(22)15-16(21)11-8-10(12-4-3-7-25-12)5-6-13(11)26-18(15)23/h3-8,21H,2,9H2,1H3,(H,19,22). The molecule has 26 heavy (non-hydrogen) atoms. The van der Waals surface area contributed by atoms with Gasteiger partial charge in [0, 0.05) is 5.56 Å². The maximum absolute atomic E-state index is 12.2. The number of hydrogen-bond donors (Lipinski definition) is 2. The lowest BCUT2D eigenvalue weighted by atomic mass is 10.1. The lowest BCUT2D eigenvalue weighted by molar-refractivity contribution is -0.141. The van der Waals surface area contributed by atoms with Crippen molar-refractivity contribution in [1.29, 1.82) is 0 Å². The Morgan fingerprint density at radius 2 is 2.08 bits per heavy atom. The molecule has 0 unspecified atom stereocenters. The van der Waals surface area contributed by atoms with Crippen LogP contribution in [0.15, 0.2) is 50.2 Å². The molecular formula is C18H15NO7. The Bertz CT molecular complexity index is 1020. The van der Waals surface area contributed by atoms with Crippen LogP contribution in [-0.2, 0) is 9.53 Å². The summed E-state index contributed by atoms with van der Waals surface area (Å²) in [4.78, 5) is 35.6. The number of nitrogens with one attached hydrogen (secondary N) is 1. The molecule has 1 aromatic carbocycles. The average Bonchev–Trinajstić information content (AvgIpc) is 3.14. The summed E-state index contributed by atoms with van der Waals surface area (Å²) in [5.74, 6) is -1.59. The molecule has 0 aliphatic rings. The minimum absolute atomic E-state index is 0.116. The van der Waals surface area contributed by atoms with E-state index in [4.69, 9.17) is 8.83 Å². The van der Waals surface area contributed by atoms with Crippen molar-refractivity contribution in [3.63, 3.8) is 0 Å². The number of ether oxygens (including phenoxy) is 1. The molecule has 2 heterocycles. The number of carbonyl (C=O) groups is 2.